The van der Waals surface area contributed by atoms with E-state index in [1.807, 2.05) is 37.5 Å². The number of Topliss-reactive ketones (excluding diaryl/α,β-unsaturated/α-hetero) is 4. The van der Waals surface area contributed by atoms with Crippen LogP contribution in [0.1, 0.15) is 225 Å². The Labute approximate surface area is 548 Å². The summed E-state index contributed by atoms with van der Waals surface area (Å²) in [5.41, 5.74) is 4.38. The van der Waals surface area contributed by atoms with Gasteiger partial charge in [-0.05, 0) is 147 Å². The Morgan fingerprint density at radius 1 is 0.283 bits per heavy atom. The van der Waals surface area contributed by atoms with Crippen LogP contribution >= 0.6 is 0 Å². The Kier molecular flexibility index (Phi) is 47.3. The summed E-state index contributed by atoms with van der Waals surface area (Å²) in [6.07, 6.45) is 3.83. The molecule has 0 saturated heterocycles. The fraction of sp³-hybridized carbons (Fsp3) is 0.765. The lowest BCUT2D eigenvalue weighted by atomic mass is 10.1. The highest BCUT2D eigenvalue weighted by Gasteiger charge is 2.25. The van der Waals surface area contributed by atoms with E-state index in [4.69, 9.17) is 28.4 Å². The molecule has 0 bridgehead atoms. The zero-order valence-corrected chi connectivity index (χ0v) is 58.8. The van der Waals surface area contributed by atoms with Crippen molar-refractivity contribution < 1.29 is 76.4 Å². The van der Waals surface area contributed by atoms with Crippen molar-refractivity contribution in [1.82, 2.24) is 9.80 Å². The van der Waals surface area contributed by atoms with E-state index in [0.717, 1.165) is 17.1 Å². The predicted molar refractivity (Wildman–Crippen MR) is 360 cm³/mol. The van der Waals surface area contributed by atoms with Gasteiger partial charge in [-0.1, -0.05) is 6.92 Å². The lowest BCUT2D eigenvalue weighted by molar-refractivity contribution is -0.154. The molecule has 24 nitrogen and oxygen atoms in total. The average molecular weight is 1300 g/mol. The summed E-state index contributed by atoms with van der Waals surface area (Å²) in [6, 6.07) is 0. The van der Waals surface area contributed by atoms with Crippen LogP contribution in [-0.2, 0) is 76.4 Å². The van der Waals surface area contributed by atoms with Crippen LogP contribution in [0.5, 0.6) is 0 Å². The van der Waals surface area contributed by atoms with Crippen LogP contribution in [-0.4, -0.2) is 220 Å². The molecule has 0 aromatic rings. The molecule has 0 heterocycles. The number of aliphatic imine (C=N–C) groups is 6. The van der Waals surface area contributed by atoms with Gasteiger partial charge in [-0.15, -0.1) is 0 Å². The quantitative estimate of drug-likeness (QED) is 0.0237. The number of nitrogens with zero attached hydrogens (tertiary/aromatic N) is 8. The summed E-state index contributed by atoms with van der Waals surface area (Å²) in [6.45, 7) is 24.7. The molecule has 0 rings (SSSR count). The summed E-state index contributed by atoms with van der Waals surface area (Å²) in [7, 11) is 5.00. The number of unbranched alkanes of at least 4 members (excludes halogenated alkanes) is 2. The van der Waals surface area contributed by atoms with E-state index in [9.17, 15) is 47.9 Å². The molecule has 24 heteroatoms. The fourth-order valence-corrected chi connectivity index (χ4v) is 9.19. The largest absolute Gasteiger partial charge is 0.461 e. The number of hydrogen-bond donors (Lipinski definition) is 0. The van der Waals surface area contributed by atoms with Crippen LogP contribution in [0.4, 0.5) is 0 Å². The maximum atomic E-state index is 13.0. The highest BCUT2D eigenvalue weighted by molar-refractivity contribution is 5.91. The first-order valence-corrected chi connectivity index (χ1v) is 32.9. The maximum absolute atomic E-state index is 13.0. The highest BCUT2D eigenvalue weighted by Crippen LogP contribution is 2.13. The molecule has 0 spiro atoms. The number of ketones is 4. The zero-order chi connectivity index (χ0) is 69.6. The fourth-order valence-electron chi connectivity index (χ4n) is 9.19. The summed E-state index contributed by atoms with van der Waals surface area (Å²) in [5.74, 6) is -2.48. The van der Waals surface area contributed by atoms with Crippen molar-refractivity contribution in [3.63, 3.8) is 0 Å². The molecule has 0 aromatic heterocycles. The van der Waals surface area contributed by atoms with Crippen LogP contribution in [0.25, 0.3) is 0 Å². The summed E-state index contributed by atoms with van der Waals surface area (Å²) < 4.78 is 34.2. The van der Waals surface area contributed by atoms with E-state index in [0.29, 0.717) is 107 Å². The lowest BCUT2D eigenvalue weighted by Gasteiger charge is -2.30. The van der Waals surface area contributed by atoms with E-state index < -0.39 is 54.5 Å². The molecule has 0 amide bonds. The molecule has 6 atom stereocenters. The van der Waals surface area contributed by atoms with Gasteiger partial charge in [0.05, 0.1) is 58.2 Å². The number of esters is 6. The molecule has 92 heavy (non-hydrogen) atoms. The summed E-state index contributed by atoms with van der Waals surface area (Å²) in [4.78, 5) is 155. The van der Waals surface area contributed by atoms with Crippen LogP contribution in [0.3, 0.4) is 0 Å². The van der Waals surface area contributed by atoms with E-state index in [1.54, 1.807) is 83.5 Å². The van der Waals surface area contributed by atoms with Gasteiger partial charge in [0.2, 0.25) is 0 Å². The van der Waals surface area contributed by atoms with Gasteiger partial charge >= 0.3 is 35.8 Å². The van der Waals surface area contributed by atoms with Gasteiger partial charge in [0, 0.05) is 127 Å². The van der Waals surface area contributed by atoms with E-state index in [2.05, 4.69) is 30.0 Å². The predicted octanol–water partition coefficient (Wildman–Crippen LogP) is 9.32. The molecule has 0 fully saturated rings. The first kappa shape index (κ1) is 85.4. The SMILES string of the molecule is CCC(=O)CCCCC(=O)CN=C(C)CCC(=O)OC(C)CN(CC(C)OC(=O)CCC(C)=NC)CC(C)OC(=O)CCC(C)=NCC(=O)CCCCC(=O)CN=C(C)CCC(=O)OC(C)CN(CC(C)OC(=O)CCC(C)=NC)CC(C)OC(=O)CCC(C)=NC. The Bertz CT molecular complexity index is 2460. The van der Waals surface area contributed by atoms with Crippen molar-refractivity contribution in [1.29, 1.82) is 0 Å². The minimum absolute atomic E-state index is 0.0210. The summed E-state index contributed by atoms with van der Waals surface area (Å²) in [5, 5.41) is 0. The van der Waals surface area contributed by atoms with Crippen molar-refractivity contribution in [2.24, 2.45) is 30.0 Å². The zero-order valence-electron chi connectivity index (χ0n) is 58.8. The third-order valence-corrected chi connectivity index (χ3v) is 14.7. The van der Waals surface area contributed by atoms with Gasteiger partial charge in [-0.2, -0.15) is 0 Å². The molecular formula is C68H114N8O16. The van der Waals surface area contributed by atoms with Crippen molar-refractivity contribution in [2.75, 3.05) is 80.0 Å². The second-order valence-electron chi connectivity index (χ2n) is 24.2. The maximum Gasteiger partial charge on any atom is 0.306 e. The molecule has 522 valence electrons. The van der Waals surface area contributed by atoms with E-state index >= 15 is 0 Å². The molecule has 6 unspecified atom stereocenters. The number of ether oxygens (including phenoxy) is 6. The smallest absolute Gasteiger partial charge is 0.306 e. The van der Waals surface area contributed by atoms with Crippen LogP contribution in [0.2, 0.25) is 0 Å². The van der Waals surface area contributed by atoms with Crippen molar-refractivity contribution >= 4 is 93.2 Å². The third kappa shape index (κ3) is 48.2. The number of rotatable bonds is 53. The molecule has 0 aliphatic heterocycles. The molecule has 0 radical (unpaired) electrons. The lowest BCUT2D eigenvalue weighted by Crippen LogP contribution is -2.43. The minimum Gasteiger partial charge on any atom is -0.461 e. The first-order chi connectivity index (χ1) is 43.4. The molecule has 0 aliphatic rings. The average Bonchev–Trinajstić information content (AvgIpc) is 1.49. The van der Waals surface area contributed by atoms with Gasteiger partial charge in [0.1, 0.15) is 42.4 Å². The highest BCUT2D eigenvalue weighted by atomic mass is 16.6. The molecule has 0 aliphatic carbocycles. The standard InChI is InChI=1S/C68H114N8O16/c1-17-59(77)22-18-19-23-60(78)38-72-50(5)29-35-66(84)91-57(12)45-76(43-55(10)89-65(83)34-28-49(4)71-16)46-58(13)92-68(86)37-31-52(7)74-40-62(80)25-21-20-24-61(79)39-73-51(6)30-36-67(85)90-56(11)44-75(41-53(8)87-63(81)32-26-47(2)69-14)42-54(9)88-64(82)33-27-48(3)70-15/h53-58H,17-46H2,1-16H3. The van der Waals surface area contributed by atoms with Gasteiger partial charge in [-0.3, -0.25) is 87.7 Å². The van der Waals surface area contributed by atoms with Gasteiger partial charge in [-0.25, -0.2) is 0 Å². The minimum atomic E-state index is -0.596. The Morgan fingerprint density at radius 2 is 0.467 bits per heavy atom. The number of hydrogen-bond acceptors (Lipinski definition) is 24. The van der Waals surface area contributed by atoms with Crippen molar-refractivity contribution in [3.05, 3.63) is 0 Å². The van der Waals surface area contributed by atoms with E-state index in [1.165, 1.54) is 0 Å². The number of carbonyl (C=O) groups is 10. The Morgan fingerprint density at radius 3 is 0.652 bits per heavy atom. The van der Waals surface area contributed by atoms with Crippen molar-refractivity contribution in [2.45, 2.75) is 261 Å². The third-order valence-electron chi connectivity index (χ3n) is 14.7. The Hall–Kier alpha value is -6.56. The number of carbonyl (C=O) groups excluding carboxylic acids is 10. The second kappa shape index (κ2) is 50.9. The molecule has 0 N–H and O–H groups in total. The molecule has 0 saturated carbocycles. The van der Waals surface area contributed by atoms with E-state index in [-0.39, 0.29) is 145 Å². The topological polar surface area (TPSA) is 307 Å². The van der Waals surface area contributed by atoms with Crippen LogP contribution < -0.4 is 0 Å². The Balaban J connectivity index is 5.13. The van der Waals surface area contributed by atoms with Gasteiger partial charge < -0.3 is 28.4 Å². The first-order valence-electron chi connectivity index (χ1n) is 32.9. The second-order valence-corrected chi connectivity index (χ2v) is 24.2. The van der Waals surface area contributed by atoms with Crippen LogP contribution in [0.15, 0.2) is 30.0 Å². The van der Waals surface area contributed by atoms with Crippen LogP contribution in [0, 0.1) is 0 Å². The van der Waals surface area contributed by atoms with Gasteiger partial charge in [0.15, 0.2) is 17.3 Å². The van der Waals surface area contributed by atoms with Gasteiger partial charge in [0.25, 0.3) is 0 Å². The monoisotopic (exact) mass is 1300 g/mol. The molecular weight excluding hydrogens is 1180 g/mol. The molecule has 0 aromatic carbocycles. The van der Waals surface area contributed by atoms with Crippen molar-refractivity contribution in [3.8, 4) is 0 Å². The summed E-state index contributed by atoms with van der Waals surface area (Å²) >= 11 is 0. The normalized spacial score (nSPS) is 14.6.